The maximum absolute atomic E-state index is 12.9. The summed E-state index contributed by atoms with van der Waals surface area (Å²) in [7, 11) is 0. The number of hydrogen-bond donors (Lipinski definition) is 2. The summed E-state index contributed by atoms with van der Waals surface area (Å²) in [4.78, 5) is 17.0. The van der Waals surface area contributed by atoms with Gasteiger partial charge in [-0.3, -0.25) is 4.79 Å². The van der Waals surface area contributed by atoms with Crippen LogP contribution in [-0.2, 0) is 17.4 Å². The SMILES string of the molecule is O=C(NCCNc1ncccc1C(F)(F)F)C1Cc2ccccc2S1. The lowest BCUT2D eigenvalue weighted by Gasteiger charge is -2.14. The van der Waals surface area contributed by atoms with Gasteiger partial charge >= 0.3 is 6.18 Å². The number of carbonyl (C=O) groups is 1. The van der Waals surface area contributed by atoms with Crippen LogP contribution in [-0.4, -0.2) is 29.2 Å². The highest BCUT2D eigenvalue weighted by atomic mass is 32.2. The molecule has 0 aliphatic carbocycles. The van der Waals surface area contributed by atoms with Crippen LogP contribution in [0, 0.1) is 0 Å². The number of halogens is 3. The molecule has 2 aromatic rings. The maximum Gasteiger partial charge on any atom is 0.419 e. The fourth-order valence-corrected chi connectivity index (χ4v) is 3.80. The normalized spacial score (nSPS) is 16.4. The predicted molar refractivity (Wildman–Crippen MR) is 90.5 cm³/mol. The standard InChI is InChI=1S/C17H16F3N3OS/c18-17(19,20)12-5-3-7-21-15(12)22-8-9-23-16(24)14-10-11-4-1-2-6-13(11)25-14/h1-7,14H,8-10H2,(H,21,22)(H,23,24). The van der Waals surface area contributed by atoms with Crippen molar-refractivity contribution in [2.24, 2.45) is 0 Å². The van der Waals surface area contributed by atoms with Crippen molar-refractivity contribution < 1.29 is 18.0 Å². The van der Waals surface area contributed by atoms with Crippen molar-refractivity contribution in [3.63, 3.8) is 0 Å². The number of aromatic nitrogens is 1. The van der Waals surface area contributed by atoms with Crippen LogP contribution in [0.1, 0.15) is 11.1 Å². The zero-order valence-corrected chi connectivity index (χ0v) is 14.0. The third-order valence-electron chi connectivity index (χ3n) is 3.77. The average molecular weight is 367 g/mol. The van der Waals surface area contributed by atoms with Crippen molar-refractivity contribution >= 4 is 23.5 Å². The van der Waals surface area contributed by atoms with Gasteiger partial charge in [0, 0.05) is 24.2 Å². The summed E-state index contributed by atoms with van der Waals surface area (Å²) in [6.07, 6.45) is -2.51. The van der Waals surface area contributed by atoms with E-state index in [-0.39, 0.29) is 30.1 Å². The van der Waals surface area contributed by atoms with Gasteiger partial charge in [0.05, 0.1) is 10.8 Å². The number of amides is 1. The van der Waals surface area contributed by atoms with Crippen LogP contribution in [0.15, 0.2) is 47.5 Å². The molecule has 1 atom stereocenters. The van der Waals surface area contributed by atoms with Gasteiger partial charge < -0.3 is 10.6 Å². The van der Waals surface area contributed by atoms with E-state index in [2.05, 4.69) is 15.6 Å². The summed E-state index contributed by atoms with van der Waals surface area (Å²) in [5.41, 5.74) is 0.331. The Labute approximate surface area is 147 Å². The lowest BCUT2D eigenvalue weighted by molar-refractivity contribution is -0.137. The minimum atomic E-state index is -4.47. The molecule has 0 spiro atoms. The number of benzene rings is 1. The van der Waals surface area contributed by atoms with Gasteiger partial charge in [-0.2, -0.15) is 13.2 Å². The molecule has 1 amide bonds. The zero-order chi connectivity index (χ0) is 17.9. The van der Waals surface area contributed by atoms with E-state index in [0.717, 1.165) is 16.5 Å². The van der Waals surface area contributed by atoms with E-state index in [1.807, 2.05) is 24.3 Å². The first-order valence-corrected chi connectivity index (χ1v) is 8.61. The lowest BCUT2D eigenvalue weighted by Crippen LogP contribution is -2.35. The van der Waals surface area contributed by atoms with Crippen LogP contribution in [0.4, 0.5) is 19.0 Å². The Bertz CT molecular complexity index is 742. The zero-order valence-electron chi connectivity index (χ0n) is 13.1. The average Bonchev–Trinajstić information content (AvgIpc) is 3.02. The summed E-state index contributed by atoms with van der Waals surface area (Å²) < 4.78 is 38.6. The molecule has 1 aliphatic rings. The van der Waals surface area contributed by atoms with Crippen molar-refractivity contribution in [2.75, 3.05) is 18.4 Å². The van der Waals surface area contributed by atoms with Crippen LogP contribution < -0.4 is 10.6 Å². The Morgan fingerprint density at radius 1 is 1.20 bits per heavy atom. The van der Waals surface area contributed by atoms with Gasteiger partial charge in [0.25, 0.3) is 0 Å². The second kappa shape index (κ2) is 7.35. The second-order valence-corrected chi connectivity index (χ2v) is 6.78. The Hall–Kier alpha value is -2.22. The van der Waals surface area contributed by atoms with Crippen molar-refractivity contribution in [3.8, 4) is 0 Å². The summed E-state index contributed by atoms with van der Waals surface area (Å²) in [6.45, 7) is 0.385. The maximum atomic E-state index is 12.9. The molecular formula is C17H16F3N3OS. The monoisotopic (exact) mass is 367 g/mol. The number of hydrogen-bond acceptors (Lipinski definition) is 4. The molecule has 0 radical (unpaired) electrons. The first kappa shape index (κ1) is 17.6. The Morgan fingerprint density at radius 2 is 2.00 bits per heavy atom. The summed E-state index contributed by atoms with van der Waals surface area (Å²) >= 11 is 1.51. The largest absolute Gasteiger partial charge is 0.419 e. The molecule has 0 bridgehead atoms. The topological polar surface area (TPSA) is 54.0 Å². The molecule has 1 aliphatic heterocycles. The van der Waals surface area contributed by atoms with Gasteiger partial charge in [0.1, 0.15) is 5.82 Å². The van der Waals surface area contributed by atoms with Crippen molar-refractivity contribution in [1.82, 2.24) is 10.3 Å². The summed E-state index contributed by atoms with van der Waals surface area (Å²) in [5.74, 6) is -0.341. The van der Waals surface area contributed by atoms with Crippen LogP contribution in [0.25, 0.3) is 0 Å². The minimum absolute atomic E-state index is 0.111. The molecule has 0 saturated carbocycles. The van der Waals surface area contributed by atoms with E-state index >= 15 is 0 Å². The Kier molecular flexibility index (Phi) is 5.17. The number of nitrogens with one attached hydrogen (secondary N) is 2. The van der Waals surface area contributed by atoms with Gasteiger partial charge in [-0.1, -0.05) is 18.2 Å². The summed E-state index contributed by atoms with van der Waals surface area (Å²) in [5, 5.41) is 5.19. The quantitative estimate of drug-likeness (QED) is 0.796. The molecule has 25 heavy (non-hydrogen) atoms. The van der Waals surface area contributed by atoms with E-state index < -0.39 is 11.7 Å². The number of anilines is 1. The van der Waals surface area contributed by atoms with E-state index in [1.165, 1.54) is 24.0 Å². The van der Waals surface area contributed by atoms with Gasteiger partial charge in [0.2, 0.25) is 5.91 Å². The van der Waals surface area contributed by atoms with Gasteiger partial charge in [-0.05, 0) is 30.2 Å². The molecule has 0 saturated heterocycles. The fourth-order valence-electron chi connectivity index (χ4n) is 2.58. The second-order valence-electron chi connectivity index (χ2n) is 5.53. The molecular weight excluding hydrogens is 351 g/mol. The van der Waals surface area contributed by atoms with E-state index in [4.69, 9.17) is 0 Å². The third kappa shape index (κ3) is 4.25. The van der Waals surface area contributed by atoms with Crippen molar-refractivity contribution in [3.05, 3.63) is 53.7 Å². The number of fused-ring (bicyclic) bond motifs is 1. The van der Waals surface area contributed by atoms with Crippen LogP contribution >= 0.6 is 11.8 Å². The number of alkyl halides is 3. The highest BCUT2D eigenvalue weighted by molar-refractivity contribution is 8.01. The fraction of sp³-hybridized carbons (Fsp3) is 0.294. The van der Waals surface area contributed by atoms with E-state index in [0.29, 0.717) is 6.42 Å². The smallest absolute Gasteiger partial charge is 0.368 e. The van der Waals surface area contributed by atoms with Crippen molar-refractivity contribution in [2.45, 2.75) is 22.7 Å². The molecule has 1 unspecified atom stereocenters. The minimum Gasteiger partial charge on any atom is -0.368 e. The molecule has 1 aromatic carbocycles. The van der Waals surface area contributed by atoms with Crippen molar-refractivity contribution in [1.29, 1.82) is 0 Å². The number of pyridine rings is 1. The first-order valence-electron chi connectivity index (χ1n) is 7.73. The number of nitrogens with zero attached hydrogens (tertiary/aromatic N) is 1. The number of thioether (sulfide) groups is 1. The van der Waals surface area contributed by atoms with Gasteiger partial charge in [0.15, 0.2) is 0 Å². The molecule has 8 heteroatoms. The predicted octanol–water partition coefficient (Wildman–Crippen LogP) is 3.35. The number of carbonyl (C=O) groups excluding carboxylic acids is 1. The molecule has 132 valence electrons. The Morgan fingerprint density at radius 3 is 2.76 bits per heavy atom. The highest BCUT2D eigenvalue weighted by Gasteiger charge is 2.34. The molecule has 2 heterocycles. The number of rotatable bonds is 5. The molecule has 2 N–H and O–H groups in total. The first-order chi connectivity index (χ1) is 11.9. The van der Waals surface area contributed by atoms with Crippen LogP contribution in [0.5, 0.6) is 0 Å². The van der Waals surface area contributed by atoms with Crippen LogP contribution in [0.3, 0.4) is 0 Å². The molecule has 1 aromatic heterocycles. The lowest BCUT2D eigenvalue weighted by atomic mass is 10.1. The van der Waals surface area contributed by atoms with Gasteiger partial charge in [-0.15, -0.1) is 11.8 Å². The molecule has 4 nitrogen and oxygen atoms in total. The summed E-state index contributed by atoms with van der Waals surface area (Å²) in [6, 6.07) is 10.1. The Balaban J connectivity index is 1.48. The van der Waals surface area contributed by atoms with Gasteiger partial charge in [-0.25, -0.2) is 4.98 Å². The molecule has 0 fully saturated rings. The van der Waals surface area contributed by atoms with E-state index in [9.17, 15) is 18.0 Å². The van der Waals surface area contributed by atoms with Crippen LogP contribution in [0.2, 0.25) is 0 Å². The van der Waals surface area contributed by atoms with E-state index in [1.54, 1.807) is 0 Å². The molecule has 3 rings (SSSR count). The highest BCUT2D eigenvalue weighted by Crippen LogP contribution is 2.36. The third-order valence-corrected chi connectivity index (χ3v) is 5.09.